The molecule has 1 aromatic carbocycles. The molecule has 2 saturated heterocycles. The molecule has 132 valence electrons. The molecule has 2 aliphatic heterocycles. The minimum Gasteiger partial charge on any atom is -0.379 e. The molecule has 5 heteroatoms. The Morgan fingerprint density at radius 3 is 2.83 bits per heavy atom. The van der Waals surface area contributed by atoms with Gasteiger partial charge in [0.2, 0.25) is 0 Å². The number of carbonyl (C=O) groups excluding carboxylic acids is 1. The molecule has 0 spiro atoms. The highest BCUT2D eigenvalue weighted by atomic mass is 16.5. The number of morpholine rings is 1. The summed E-state index contributed by atoms with van der Waals surface area (Å²) in [4.78, 5) is 17.0. The zero-order valence-electron chi connectivity index (χ0n) is 14.7. The number of nitrogens with zero attached hydrogens (tertiary/aromatic N) is 2. The number of aryl methyl sites for hydroxylation is 1. The van der Waals surface area contributed by atoms with Gasteiger partial charge in [-0.2, -0.15) is 0 Å². The van der Waals surface area contributed by atoms with Crippen molar-refractivity contribution in [1.82, 2.24) is 9.80 Å². The molecule has 5 nitrogen and oxygen atoms in total. The lowest BCUT2D eigenvalue weighted by Crippen LogP contribution is -2.39. The molecular formula is C19H29N3O2. The van der Waals surface area contributed by atoms with Gasteiger partial charge in [-0.1, -0.05) is 12.1 Å². The van der Waals surface area contributed by atoms with Gasteiger partial charge in [0.25, 0.3) is 0 Å². The van der Waals surface area contributed by atoms with Crippen LogP contribution in [-0.4, -0.2) is 61.8 Å². The van der Waals surface area contributed by atoms with Crippen LogP contribution in [0.15, 0.2) is 24.3 Å². The molecule has 2 amide bonds. The van der Waals surface area contributed by atoms with Crippen molar-refractivity contribution in [3.8, 4) is 0 Å². The van der Waals surface area contributed by atoms with Gasteiger partial charge in [-0.3, -0.25) is 4.90 Å². The van der Waals surface area contributed by atoms with Crippen LogP contribution in [0.5, 0.6) is 0 Å². The maximum Gasteiger partial charge on any atom is 0.321 e. The summed E-state index contributed by atoms with van der Waals surface area (Å²) in [5.41, 5.74) is 2.04. The summed E-state index contributed by atoms with van der Waals surface area (Å²) in [6.45, 7) is 8.72. The Morgan fingerprint density at radius 1 is 1.21 bits per heavy atom. The van der Waals surface area contributed by atoms with E-state index in [1.54, 1.807) is 0 Å². The smallest absolute Gasteiger partial charge is 0.321 e. The lowest BCUT2D eigenvalue weighted by atomic mass is 10.00. The number of amides is 2. The third-order valence-electron chi connectivity index (χ3n) is 5.02. The van der Waals surface area contributed by atoms with Gasteiger partial charge >= 0.3 is 6.03 Å². The van der Waals surface area contributed by atoms with Crippen molar-refractivity contribution in [3.63, 3.8) is 0 Å². The van der Waals surface area contributed by atoms with Crippen LogP contribution in [0.1, 0.15) is 24.8 Å². The quantitative estimate of drug-likeness (QED) is 0.926. The molecule has 1 aromatic rings. The predicted molar refractivity (Wildman–Crippen MR) is 96.4 cm³/mol. The van der Waals surface area contributed by atoms with Crippen LogP contribution in [0.25, 0.3) is 0 Å². The molecule has 0 radical (unpaired) electrons. The van der Waals surface area contributed by atoms with E-state index in [2.05, 4.69) is 10.2 Å². The summed E-state index contributed by atoms with van der Waals surface area (Å²) in [6.07, 6.45) is 3.40. The van der Waals surface area contributed by atoms with Crippen LogP contribution in [0.4, 0.5) is 10.5 Å². The van der Waals surface area contributed by atoms with E-state index in [1.165, 1.54) is 6.42 Å². The Balaban J connectivity index is 1.48. The lowest BCUT2D eigenvalue weighted by Gasteiger charge is -2.30. The Bertz CT molecular complexity index is 543. The number of ether oxygens (including phenoxy) is 1. The third kappa shape index (κ3) is 4.95. The summed E-state index contributed by atoms with van der Waals surface area (Å²) < 4.78 is 5.42. The number of hydrogen-bond donors (Lipinski definition) is 1. The number of carbonyl (C=O) groups is 1. The minimum atomic E-state index is 0.0348. The number of benzene rings is 1. The second kappa shape index (κ2) is 8.49. The van der Waals surface area contributed by atoms with Crippen molar-refractivity contribution >= 4 is 11.7 Å². The van der Waals surface area contributed by atoms with Crippen molar-refractivity contribution < 1.29 is 9.53 Å². The van der Waals surface area contributed by atoms with E-state index in [9.17, 15) is 4.79 Å². The summed E-state index contributed by atoms with van der Waals surface area (Å²) in [6, 6.07) is 8.01. The van der Waals surface area contributed by atoms with Crippen molar-refractivity contribution in [3.05, 3.63) is 29.8 Å². The Kier molecular flexibility index (Phi) is 6.10. The average Bonchev–Trinajstić information content (AvgIpc) is 2.81. The lowest BCUT2D eigenvalue weighted by molar-refractivity contribution is 0.0297. The van der Waals surface area contributed by atoms with E-state index < -0.39 is 0 Å². The number of hydrogen-bond acceptors (Lipinski definition) is 3. The molecule has 2 aliphatic rings. The number of nitrogens with one attached hydrogen (secondary N) is 1. The SMILES string of the molecule is Cc1cccc(NC(=O)N2CCCC(CN3CCOCC3)CC2)c1. The van der Waals surface area contributed by atoms with Gasteiger partial charge in [0.05, 0.1) is 13.2 Å². The first kappa shape index (κ1) is 17.2. The van der Waals surface area contributed by atoms with E-state index in [1.807, 2.05) is 36.1 Å². The highest BCUT2D eigenvalue weighted by Crippen LogP contribution is 2.20. The molecule has 2 heterocycles. The van der Waals surface area contributed by atoms with E-state index >= 15 is 0 Å². The van der Waals surface area contributed by atoms with Crippen molar-refractivity contribution in [2.24, 2.45) is 5.92 Å². The van der Waals surface area contributed by atoms with Crippen LogP contribution < -0.4 is 5.32 Å². The van der Waals surface area contributed by atoms with Crippen LogP contribution >= 0.6 is 0 Å². The van der Waals surface area contributed by atoms with E-state index in [4.69, 9.17) is 4.74 Å². The van der Waals surface area contributed by atoms with Gasteiger partial charge < -0.3 is 15.0 Å². The predicted octanol–water partition coefficient (Wildman–Crippen LogP) is 2.96. The van der Waals surface area contributed by atoms with Gasteiger partial charge in [-0.25, -0.2) is 4.79 Å². The topological polar surface area (TPSA) is 44.8 Å². The first-order valence-corrected chi connectivity index (χ1v) is 9.13. The fraction of sp³-hybridized carbons (Fsp3) is 0.632. The molecule has 1 atom stereocenters. The molecule has 0 bridgehead atoms. The molecule has 0 aromatic heterocycles. The molecule has 0 saturated carbocycles. The number of anilines is 1. The molecule has 3 rings (SSSR count). The maximum atomic E-state index is 12.5. The molecular weight excluding hydrogens is 302 g/mol. The van der Waals surface area contributed by atoms with Crippen LogP contribution in [0, 0.1) is 12.8 Å². The van der Waals surface area contributed by atoms with Gasteiger partial charge in [0.15, 0.2) is 0 Å². The standard InChI is InChI=1S/C19H29N3O2/c1-16-4-2-6-18(14-16)20-19(23)22-8-3-5-17(7-9-22)15-21-10-12-24-13-11-21/h2,4,6,14,17H,3,5,7-13,15H2,1H3,(H,20,23). The molecule has 1 unspecified atom stereocenters. The van der Waals surface area contributed by atoms with Crippen LogP contribution in [-0.2, 0) is 4.74 Å². The average molecular weight is 331 g/mol. The Hall–Kier alpha value is -1.59. The maximum absolute atomic E-state index is 12.5. The van der Waals surface area contributed by atoms with Crippen molar-refractivity contribution in [2.45, 2.75) is 26.2 Å². The second-order valence-electron chi connectivity index (χ2n) is 7.00. The Morgan fingerprint density at radius 2 is 2.04 bits per heavy atom. The zero-order valence-corrected chi connectivity index (χ0v) is 14.7. The van der Waals surface area contributed by atoms with Crippen LogP contribution in [0.2, 0.25) is 0 Å². The zero-order chi connectivity index (χ0) is 16.8. The van der Waals surface area contributed by atoms with Crippen LogP contribution in [0.3, 0.4) is 0 Å². The molecule has 1 N–H and O–H groups in total. The number of urea groups is 1. The highest BCUT2D eigenvalue weighted by Gasteiger charge is 2.23. The fourth-order valence-corrected chi connectivity index (χ4v) is 3.63. The first-order chi connectivity index (χ1) is 11.7. The van der Waals surface area contributed by atoms with Gasteiger partial charge in [-0.15, -0.1) is 0 Å². The molecule has 0 aliphatic carbocycles. The minimum absolute atomic E-state index is 0.0348. The van der Waals surface area contributed by atoms with E-state index in [0.717, 1.165) is 70.0 Å². The fourth-order valence-electron chi connectivity index (χ4n) is 3.63. The van der Waals surface area contributed by atoms with Gasteiger partial charge in [-0.05, 0) is 49.8 Å². The monoisotopic (exact) mass is 331 g/mol. The van der Waals surface area contributed by atoms with E-state index in [0.29, 0.717) is 5.92 Å². The molecule has 2 fully saturated rings. The highest BCUT2D eigenvalue weighted by molar-refractivity contribution is 5.89. The number of likely N-dealkylation sites (tertiary alicyclic amines) is 1. The normalized spacial score (nSPS) is 22.9. The van der Waals surface area contributed by atoms with Crippen molar-refractivity contribution in [1.29, 1.82) is 0 Å². The first-order valence-electron chi connectivity index (χ1n) is 9.13. The summed E-state index contributed by atoms with van der Waals surface area (Å²) in [7, 11) is 0. The number of rotatable bonds is 3. The van der Waals surface area contributed by atoms with Crippen molar-refractivity contribution in [2.75, 3.05) is 51.3 Å². The van der Waals surface area contributed by atoms with Gasteiger partial charge in [0.1, 0.15) is 0 Å². The third-order valence-corrected chi connectivity index (χ3v) is 5.02. The molecule has 24 heavy (non-hydrogen) atoms. The Labute approximate surface area is 145 Å². The summed E-state index contributed by atoms with van der Waals surface area (Å²) in [5.74, 6) is 0.694. The summed E-state index contributed by atoms with van der Waals surface area (Å²) in [5, 5.41) is 3.04. The largest absolute Gasteiger partial charge is 0.379 e. The second-order valence-corrected chi connectivity index (χ2v) is 7.00. The van der Waals surface area contributed by atoms with Gasteiger partial charge in [0, 0.05) is 38.4 Å². The summed E-state index contributed by atoms with van der Waals surface area (Å²) >= 11 is 0. The van der Waals surface area contributed by atoms with E-state index in [-0.39, 0.29) is 6.03 Å².